The second kappa shape index (κ2) is 5.85. The molecule has 2 aromatic rings. The van der Waals surface area contributed by atoms with E-state index in [1.165, 1.54) is 32.3 Å². The minimum absolute atomic E-state index is 1.24. The van der Waals surface area contributed by atoms with Gasteiger partial charge in [-0.05, 0) is 34.0 Å². The number of thioether (sulfide) groups is 2. The first kappa shape index (κ1) is 14.1. The summed E-state index contributed by atoms with van der Waals surface area (Å²) in [7, 11) is 2.84. The van der Waals surface area contributed by atoms with Crippen LogP contribution in [-0.4, -0.2) is 12.5 Å². The van der Waals surface area contributed by atoms with Crippen molar-refractivity contribution in [2.24, 2.45) is 0 Å². The zero-order valence-electron chi connectivity index (χ0n) is 11.5. The molecule has 0 saturated carbocycles. The van der Waals surface area contributed by atoms with Gasteiger partial charge in [-0.15, -0.1) is 23.5 Å². The second-order valence-electron chi connectivity index (χ2n) is 4.48. The number of fused-ring (bicyclic) bond motifs is 2. The number of anilines is 2. The Morgan fingerprint density at radius 3 is 1.75 bits per heavy atom. The predicted molar refractivity (Wildman–Crippen MR) is 97.8 cm³/mol. The molecule has 0 saturated heterocycles. The highest BCUT2D eigenvalue weighted by atomic mass is 32.2. The number of hydrogen-bond acceptors (Lipinski definition) is 3. The number of benzene rings is 2. The van der Waals surface area contributed by atoms with Crippen molar-refractivity contribution < 1.29 is 0 Å². The Bertz CT molecular complexity index is 626. The van der Waals surface area contributed by atoms with Gasteiger partial charge in [0.2, 0.25) is 0 Å². The topological polar surface area (TPSA) is 3.24 Å². The lowest BCUT2D eigenvalue weighted by Crippen LogP contribution is -2.12. The zero-order chi connectivity index (χ0) is 14.1. The van der Waals surface area contributed by atoms with Crippen molar-refractivity contribution in [1.82, 2.24) is 0 Å². The lowest BCUT2D eigenvalue weighted by atomic mass is 9.93. The Morgan fingerprint density at radius 1 is 0.850 bits per heavy atom. The van der Waals surface area contributed by atoms with Crippen LogP contribution in [0, 0.1) is 0 Å². The molecule has 3 rings (SSSR count). The molecule has 102 valence electrons. The SMILES string of the molecule is CSC(SC)=C1c2ccccc2N(P)c2ccccc21. The van der Waals surface area contributed by atoms with E-state index in [1.54, 1.807) is 0 Å². The summed E-state index contributed by atoms with van der Waals surface area (Å²) in [6, 6.07) is 17.2. The average Bonchev–Trinajstić information content (AvgIpc) is 2.51. The van der Waals surface area contributed by atoms with Crippen LogP contribution in [0.5, 0.6) is 0 Å². The van der Waals surface area contributed by atoms with Gasteiger partial charge in [-0.1, -0.05) is 36.4 Å². The van der Waals surface area contributed by atoms with Crippen molar-refractivity contribution in [3.8, 4) is 0 Å². The third-order valence-electron chi connectivity index (χ3n) is 3.44. The lowest BCUT2D eigenvalue weighted by molar-refractivity contribution is 1.35. The van der Waals surface area contributed by atoms with Gasteiger partial charge >= 0.3 is 0 Å². The highest BCUT2D eigenvalue weighted by Crippen LogP contribution is 2.50. The third kappa shape index (κ3) is 2.18. The third-order valence-corrected chi connectivity index (χ3v) is 6.15. The Labute approximate surface area is 131 Å². The van der Waals surface area contributed by atoms with E-state index in [0.29, 0.717) is 0 Å². The Hall–Kier alpha value is -0.890. The molecule has 1 aliphatic heterocycles. The molecule has 0 N–H and O–H groups in total. The van der Waals surface area contributed by atoms with Crippen molar-refractivity contribution in [1.29, 1.82) is 0 Å². The fourth-order valence-electron chi connectivity index (χ4n) is 2.57. The first-order valence-electron chi connectivity index (χ1n) is 6.33. The van der Waals surface area contributed by atoms with Crippen LogP contribution >= 0.6 is 32.9 Å². The van der Waals surface area contributed by atoms with Gasteiger partial charge in [-0.2, -0.15) is 0 Å². The monoisotopic (exact) mass is 317 g/mol. The van der Waals surface area contributed by atoms with Gasteiger partial charge in [0.15, 0.2) is 0 Å². The first-order chi connectivity index (χ1) is 9.77. The molecule has 0 fully saturated rings. The molecule has 0 aromatic heterocycles. The van der Waals surface area contributed by atoms with Crippen LogP contribution in [0.15, 0.2) is 52.8 Å². The largest absolute Gasteiger partial charge is 0.325 e. The molecule has 0 spiro atoms. The maximum atomic E-state index is 2.84. The van der Waals surface area contributed by atoms with Crippen LogP contribution < -0.4 is 4.67 Å². The van der Waals surface area contributed by atoms with Crippen molar-refractivity contribution in [3.63, 3.8) is 0 Å². The summed E-state index contributed by atoms with van der Waals surface area (Å²) in [5.41, 5.74) is 6.45. The molecule has 1 nitrogen and oxygen atoms in total. The summed E-state index contributed by atoms with van der Waals surface area (Å²) in [4.78, 5) is 0. The molecule has 1 heterocycles. The summed E-state index contributed by atoms with van der Waals surface area (Å²) in [5, 5.41) is 0. The van der Waals surface area contributed by atoms with Gasteiger partial charge in [0.25, 0.3) is 0 Å². The molecular weight excluding hydrogens is 301 g/mol. The highest BCUT2D eigenvalue weighted by molar-refractivity contribution is 8.21. The summed E-state index contributed by atoms with van der Waals surface area (Å²) in [5.74, 6) is 0. The zero-order valence-corrected chi connectivity index (χ0v) is 14.2. The molecule has 1 atom stereocenters. The summed E-state index contributed by atoms with van der Waals surface area (Å²) < 4.78 is 3.56. The quantitative estimate of drug-likeness (QED) is 0.685. The molecule has 0 aliphatic carbocycles. The van der Waals surface area contributed by atoms with Crippen molar-refractivity contribution >= 4 is 49.9 Å². The first-order valence-corrected chi connectivity index (χ1v) is 9.30. The van der Waals surface area contributed by atoms with Gasteiger partial charge < -0.3 is 4.67 Å². The van der Waals surface area contributed by atoms with Crippen molar-refractivity contribution in [3.05, 3.63) is 63.9 Å². The number of para-hydroxylation sites is 2. The number of rotatable bonds is 2. The Morgan fingerprint density at radius 2 is 1.30 bits per heavy atom. The average molecular weight is 317 g/mol. The molecule has 0 radical (unpaired) electrons. The predicted octanol–water partition coefficient (Wildman–Crippen LogP) is 5.37. The Kier molecular flexibility index (Phi) is 4.11. The van der Waals surface area contributed by atoms with Crippen LogP contribution in [-0.2, 0) is 0 Å². The normalized spacial score (nSPS) is 12.9. The summed E-state index contributed by atoms with van der Waals surface area (Å²) in [6.07, 6.45) is 4.30. The summed E-state index contributed by atoms with van der Waals surface area (Å²) >= 11 is 3.64. The molecule has 1 unspecified atom stereocenters. The van der Waals surface area contributed by atoms with E-state index >= 15 is 0 Å². The van der Waals surface area contributed by atoms with Gasteiger partial charge in [-0.25, -0.2) is 0 Å². The van der Waals surface area contributed by atoms with E-state index in [9.17, 15) is 0 Å². The molecule has 20 heavy (non-hydrogen) atoms. The van der Waals surface area contributed by atoms with Crippen LogP contribution in [0.3, 0.4) is 0 Å². The minimum atomic E-state index is 1.24. The van der Waals surface area contributed by atoms with E-state index in [1.807, 2.05) is 23.5 Å². The minimum Gasteiger partial charge on any atom is -0.325 e. The van der Waals surface area contributed by atoms with E-state index in [2.05, 4.69) is 75.1 Å². The second-order valence-corrected chi connectivity index (χ2v) is 6.88. The van der Waals surface area contributed by atoms with Gasteiger partial charge in [0.05, 0.1) is 11.4 Å². The highest BCUT2D eigenvalue weighted by Gasteiger charge is 2.25. The van der Waals surface area contributed by atoms with Crippen LogP contribution in [0.25, 0.3) is 5.57 Å². The Balaban J connectivity index is 2.36. The molecule has 2 aromatic carbocycles. The lowest BCUT2D eigenvalue weighted by Gasteiger charge is -2.32. The molecule has 1 aliphatic rings. The smallest absolute Gasteiger partial charge is 0.0521 e. The van der Waals surface area contributed by atoms with Crippen LogP contribution in [0.2, 0.25) is 0 Å². The van der Waals surface area contributed by atoms with E-state index in [0.717, 1.165) is 0 Å². The van der Waals surface area contributed by atoms with Gasteiger partial charge in [-0.3, -0.25) is 0 Å². The van der Waals surface area contributed by atoms with Crippen molar-refractivity contribution in [2.45, 2.75) is 0 Å². The van der Waals surface area contributed by atoms with E-state index in [-0.39, 0.29) is 0 Å². The van der Waals surface area contributed by atoms with Crippen molar-refractivity contribution in [2.75, 3.05) is 17.2 Å². The molecule has 4 heteroatoms. The van der Waals surface area contributed by atoms with Crippen LogP contribution in [0.1, 0.15) is 11.1 Å². The maximum absolute atomic E-state index is 2.84. The van der Waals surface area contributed by atoms with E-state index < -0.39 is 0 Å². The van der Waals surface area contributed by atoms with Gasteiger partial charge in [0, 0.05) is 20.9 Å². The maximum Gasteiger partial charge on any atom is 0.0521 e. The molecular formula is C16H16NPS2. The van der Waals surface area contributed by atoms with Gasteiger partial charge in [0.1, 0.15) is 0 Å². The molecule has 0 amide bonds. The summed E-state index contributed by atoms with van der Waals surface area (Å²) in [6.45, 7) is 0. The number of hydrogen-bond donors (Lipinski definition) is 0. The van der Waals surface area contributed by atoms with E-state index in [4.69, 9.17) is 0 Å². The fraction of sp³-hybridized carbons (Fsp3) is 0.125. The standard InChI is InChI=1S/C16H16NPS2/c1-19-16(20-2)15-11-7-3-5-9-13(11)17(18)14-10-6-4-8-12(14)15/h3-10H,18H2,1-2H3. The fourth-order valence-corrected chi connectivity index (χ4v) is 4.54. The molecule has 0 bridgehead atoms. The van der Waals surface area contributed by atoms with Crippen LogP contribution in [0.4, 0.5) is 11.4 Å². The number of nitrogens with zero attached hydrogens (tertiary/aromatic N) is 1.